The van der Waals surface area contributed by atoms with Gasteiger partial charge < -0.3 is 33.4 Å². The first-order valence-electron chi connectivity index (χ1n) is 25.2. The van der Waals surface area contributed by atoms with E-state index in [0.717, 1.165) is 53.7 Å². The average Bonchev–Trinajstić information content (AvgIpc) is 4.02. The van der Waals surface area contributed by atoms with E-state index in [1.165, 1.54) is 49.3 Å². The van der Waals surface area contributed by atoms with Crippen LogP contribution in [0.25, 0.3) is 23.0 Å². The molecule has 71 heavy (non-hydrogen) atoms. The Morgan fingerprint density at radius 2 is 1.18 bits per heavy atom. The number of hydrogen-bond donors (Lipinski definition) is 2. The van der Waals surface area contributed by atoms with Crippen molar-refractivity contribution in [1.82, 2.24) is 38.5 Å². The van der Waals surface area contributed by atoms with Gasteiger partial charge in [-0.3, -0.25) is 14.5 Å². The molecule has 4 aliphatic rings. The molecule has 4 aromatic heterocycles. The first-order chi connectivity index (χ1) is 35.0. The molecule has 0 spiro atoms. The van der Waals surface area contributed by atoms with Crippen molar-refractivity contribution in [3.63, 3.8) is 0 Å². The summed E-state index contributed by atoms with van der Waals surface area (Å²) in [6, 6.07) is 42.9. The van der Waals surface area contributed by atoms with Crippen molar-refractivity contribution < 1.29 is 9.84 Å². The molecule has 2 fully saturated rings. The maximum absolute atomic E-state index is 14.6. The van der Waals surface area contributed by atoms with Crippen LogP contribution in [0.15, 0.2) is 162 Å². The van der Waals surface area contributed by atoms with Crippen LogP contribution in [0.5, 0.6) is 17.2 Å². The fourth-order valence-corrected chi connectivity index (χ4v) is 12.8. The normalized spacial score (nSPS) is 18.3. The molecule has 4 aromatic carbocycles. The SMILES string of the molecule is O=c1ccn2c(c1O)-c1ncc(CN3CCSCC3)n1C[C@@H]2C(c1ccccc1)c1cccc(Oc2c3n(ccc2=O)[C@@H](C(c2ccccc2)c2ccccc2)Cn2c(CNC4CCCCC4)cnc2-3)c1. The number of ether oxygens (including phenoxy) is 1. The molecular weight excluding hydrogens is 905 g/mol. The van der Waals surface area contributed by atoms with Gasteiger partial charge in [-0.25, -0.2) is 9.97 Å². The minimum atomic E-state index is -0.445. The molecule has 12 rings (SSSR count). The van der Waals surface area contributed by atoms with Crippen LogP contribution in [0.1, 0.15) is 89.7 Å². The molecule has 3 aliphatic heterocycles. The highest BCUT2D eigenvalue weighted by Crippen LogP contribution is 2.47. The van der Waals surface area contributed by atoms with Crippen LogP contribution in [-0.2, 0) is 26.2 Å². The molecule has 1 aliphatic carbocycles. The number of fused-ring (bicyclic) bond motifs is 6. The zero-order valence-corrected chi connectivity index (χ0v) is 40.5. The number of aromatic nitrogens is 6. The third kappa shape index (κ3) is 8.74. The summed E-state index contributed by atoms with van der Waals surface area (Å²) in [5.41, 5.74) is 6.88. The van der Waals surface area contributed by atoms with E-state index >= 15 is 0 Å². The summed E-state index contributed by atoms with van der Waals surface area (Å²) in [6.07, 6.45) is 13.7. The van der Waals surface area contributed by atoms with Gasteiger partial charge in [-0.2, -0.15) is 11.8 Å². The fraction of sp³-hybridized carbons (Fsp3) is 0.310. The molecule has 7 heterocycles. The van der Waals surface area contributed by atoms with Crippen LogP contribution >= 0.6 is 11.8 Å². The lowest BCUT2D eigenvalue weighted by molar-refractivity contribution is 0.279. The third-order valence-corrected chi connectivity index (χ3v) is 16.2. The quantitative estimate of drug-likeness (QED) is 0.116. The summed E-state index contributed by atoms with van der Waals surface area (Å²) in [6.45, 7) is 4.58. The molecule has 1 saturated carbocycles. The van der Waals surface area contributed by atoms with Crippen LogP contribution < -0.4 is 20.9 Å². The minimum absolute atomic E-state index is 0.0560. The molecule has 1 unspecified atom stereocenters. The van der Waals surface area contributed by atoms with Crippen molar-refractivity contribution in [3.8, 4) is 40.3 Å². The Hall–Kier alpha value is -6.93. The van der Waals surface area contributed by atoms with Crippen molar-refractivity contribution in [2.45, 2.75) is 88.2 Å². The highest BCUT2D eigenvalue weighted by molar-refractivity contribution is 7.99. The summed E-state index contributed by atoms with van der Waals surface area (Å²) in [7, 11) is 0. The Morgan fingerprint density at radius 3 is 1.83 bits per heavy atom. The lowest BCUT2D eigenvalue weighted by atomic mass is 9.83. The second-order valence-corrected chi connectivity index (χ2v) is 20.7. The Bertz CT molecular complexity index is 3240. The van der Waals surface area contributed by atoms with Gasteiger partial charge in [-0.05, 0) is 47.2 Å². The molecule has 13 heteroatoms. The van der Waals surface area contributed by atoms with E-state index in [4.69, 9.17) is 14.7 Å². The van der Waals surface area contributed by atoms with Crippen LogP contribution in [0.4, 0.5) is 0 Å². The predicted molar refractivity (Wildman–Crippen MR) is 279 cm³/mol. The largest absolute Gasteiger partial charge is 0.503 e. The second kappa shape index (κ2) is 19.7. The Morgan fingerprint density at radius 1 is 0.634 bits per heavy atom. The summed E-state index contributed by atoms with van der Waals surface area (Å²) in [4.78, 5) is 40.2. The summed E-state index contributed by atoms with van der Waals surface area (Å²) < 4.78 is 15.8. The van der Waals surface area contributed by atoms with Crippen molar-refractivity contribution in [3.05, 3.63) is 206 Å². The smallest absolute Gasteiger partial charge is 0.224 e. The maximum Gasteiger partial charge on any atom is 0.224 e. The monoisotopic (exact) mass is 962 g/mol. The van der Waals surface area contributed by atoms with Gasteiger partial charge in [0.05, 0.1) is 35.9 Å². The third-order valence-electron chi connectivity index (χ3n) is 15.3. The Balaban J connectivity index is 0.963. The number of hydrogen-bond acceptors (Lipinski definition) is 9. The summed E-state index contributed by atoms with van der Waals surface area (Å²) in [5, 5.41) is 15.4. The van der Waals surface area contributed by atoms with Crippen LogP contribution in [-0.4, -0.2) is 68.9 Å². The molecule has 2 N–H and O–H groups in total. The van der Waals surface area contributed by atoms with Gasteiger partial charge in [0, 0.05) is 93.2 Å². The first kappa shape index (κ1) is 45.2. The maximum atomic E-state index is 14.6. The van der Waals surface area contributed by atoms with E-state index in [9.17, 15) is 14.7 Å². The van der Waals surface area contributed by atoms with Crippen molar-refractivity contribution in [2.75, 3.05) is 24.6 Å². The number of rotatable bonds is 13. The highest BCUT2D eigenvalue weighted by atomic mass is 32.2. The molecule has 0 bridgehead atoms. The zero-order valence-electron chi connectivity index (χ0n) is 39.7. The summed E-state index contributed by atoms with van der Waals surface area (Å²) in [5.74, 6) is 3.55. The number of thioether (sulfide) groups is 1. The number of imidazole rings is 2. The fourth-order valence-electron chi connectivity index (χ4n) is 11.8. The molecule has 0 amide bonds. The minimum Gasteiger partial charge on any atom is -0.503 e. The van der Waals surface area contributed by atoms with Crippen molar-refractivity contribution in [1.29, 1.82) is 0 Å². The topological polar surface area (TPSA) is 124 Å². The molecule has 3 atom stereocenters. The summed E-state index contributed by atoms with van der Waals surface area (Å²) >= 11 is 1.98. The number of aromatic hydroxyl groups is 1. The molecular formula is C58H58N8O4S. The number of pyridine rings is 2. The van der Waals surface area contributed by atoms with E-state index in [1.54, 1.807) is 12.3 Å². The van der Waals surface area contributed by atoms with Gasteiger partial charge in [0.15, 0.2) is 17.4 Å². The number of nitrogens with zero attached hydrogens (tertiary/aromatic N) is 7. The van der Waals surface area contributed by atoms with E-state index in [1.807, 2.05) is 71.3 Å². The molecule has 1 saturated heterocycles. The van der Waals surface area contributed by atoms with E-state index in [-0.39, 0.29) is 40.8 Å². The van der Waals surface area contributed by atoms with Gasteiger partial charge in [0.25, 0.3) is 0 Å². The molecule has 12 nitrogen and oxygen atoms in total. The van der Waals surface area contributed by atoms with Gasteiger partial charge in [-0.15, -0.1) is 0 Å². The van der Waals surface area contributed by atoms with Crippen molar-refractivity contribution in [2.24, 2.45) is 0 Å². The number of benzene rings is 4. The van der Waals surface area contributed by atoms with Gasteiger partial charge in [0.1, 0.15) is 17.1 Å². The lowest BCUT2D eigenvalue weighted by Crippen LogP contribution is -2.35. The van der Waals surface area contributed by atoms with E-state index in [0.29, 0.717) is 54.5 Å². The predicted octanol–water partition coefficient (Wildman–Crippen LogP) is 9.98. The van der Waals surface area contributed by atoms with Crippen LogP contribution in [0.3, 0.4) is 0 Å². The van der Waals surface area contributed by atoms with E-state index < -0.39 is 5.43 Å². The molecule has 0 radical (unpaired) electrons. The molecule has 8 aromatic rings. The second-order valence-electron chi connectivity index (χ2n) is 19.5. The highest BCUT2D eigenvalue weighted by Gasteiger charge is 2.38. The van der Waals surface area contributed by atoms with Crippen LogP contribution in [0, 0.1) is 0 Å². The Kier molecular flexibility index (Phi) is 12.5. The average molecular weight is 963 g/mol. The van der Waals surface area contributed by atoms with Crippen LogP contribution in [0.2, 0.25) is 0 Å². The van der Waals surface area contributed by atoms with Gasteiger partial charge in [0.2, 0.25) is 16.6 Å². The number of nitrogens with one attached hydrogen (secondary N) is 1. The Labute approximate surface area is 417 Å². The van der Waals surface area contributed by atoms with Crippen molar-refractivity contribution >= 4 is 11.8 Å². The molecule has 360 valence electrons. The standard InChI is InChI=1S/C58H58N8O4S/c67-49-24-26-63-48(38-66-45(36-62-28-30-71-31-29-62)35-61-57(66)53(63)55(49)69)52(41-18-9-3-10-19-41)42-20-13-23-46(32-42)70-56-50(68)25-27-64-47(51(39-14-5-1-6-15-39)40-16-7-2-8-17-40)37-65-44(34-60-58(65)54(56)64)33-59-43-21-11-4-12-22-43/h1-3,5-10,13-20,23-27,32,34-35,43,47-48,51-52,59,69H,4,11-12,21-22,28-31,33,36-38H2/t47-,48-,52?/m1/s1. The van der Waals surface area contributed by atoms with Gasteiger partial charge >= 0.3 is 0 Å². The zero-order chi connectivity index (χ0) is 47.8. The van der Waals surface area contributed by atoms with Gasteiger partial charge in [-0.1, -0.05) is 122 Å². The first-order valence-corrected chi connectivity index (χ1v) is 26.4. The van der Waals surface area contributed by atoms with E-state index in [2.05, 4.69) is 103 Å². The lowest BCUT2D eigenvalue weighted by Gasteiger charge is -2.37.